The van der Waals surface area contributed by atoms with Gasteiger partial charge in [0.2, 0.25) is 0 Å². The standard InChI is InChI=1S/C28H33BrO/c1-3-4-5-7-13-23-19-25-26(30)16-17-28(25,20(2)21-11-8-6-9-12-21)27(23)22-14-10-15-24(29)18-22/h6,8-12,14-15,18,25-26,30H,2-5,7,13,16-17,19H2,1H3/t25?,26-,28+/m1/s1. The summed E-state index contributed by atoms with van der Waals surface area (Å²) in [4.78, 5) is 0. The average Bonchev–Trinajstić information content (AvgIpc) is 3.26. The molecule has 158 valence electrons. The number of rotatable bonds is 8. The second kappa shape index (κ2) is 9.24. The van der Waals surface area contributed by atoms with Gasteiger partial charge in [0.25, 0.3) is 0 Å². The van der Waals surface area contributed by atoms with Crippen LogP contribution in [-0.2, 0) is 0 Å². The van der Waals surface area contributed by atoms with E-state index in [0.29, 0.717) is 0 Å². The van der Waals surface area contributed by atoms with E-state index in [1.54, 1.807) is 5.57 Å². The molecule has 2 aromatic rings. The van der Waals surface area contributed by atoms with Crippen LogP contribution in [0.4, 0.5) is 0 Å². The molecule has 1 saturated carbocycles. The van der Waals surface area contributed by atoms with Crippen molar-refractivity contribution >= 4 is 27.1 Å². The number of unbranched alkanes of at least 4 members (excludes halogenated alkanes) is 3. The van der Waals surface area contributed by atoms with Crippen LogP contribution in [0.25, 0.3) is 11.1 Å². The molecule has 1 N–H and O–H groups in total. The molecule has 0 spiro atoms. The SMILES string of the molecule is C=C(c1ccccc1)[C@@]12CC[C@@H](O)C1CC(CCCCCC)=C2c1cccc(Br)c1. The number of benzene rings is 2. The van der Waals surface area contributed by atoms with Gasteiger partial charge in [-0.25, -0.2) is 0 Å². The predicted octanol–water partition coefficient (Wildman–Crippen LogP) is 8.05. The molecular weight excluding hydrogens is 432 g/mol. The minimum atomic E-state index is -0.249. The van der Waals surface area contributed by atoms with E-state index in [9.17, 15) is 5.11 Å². The van der Waals surface area contributed by atoms with Crippen LogP contribution < -0.4 is 0 Å². The molecule has 0 aliphatic heterocycles. The lowest BCUT2D eigenvalue weighted by Gasteiger charge is -2.37. The van der Waals surface area contributed by atoms with Gasteiger partial charge in [0.15, 0.2) is 0 Å². The third-order valence-corrected chi connectivity index (χ3v) is 7.80. The van der Waals surface area contributed by atoms with Crippen LogP contribution in [0.3, 0.4) is 0 Å². The van der Waals surface area contributed by atoms with Crippen molar-refractivity contribution in [1.29, 1.82) is 0 Å². The lowest BCUT2D eigenvalue weighted by Crippen LogP contribution is -2.29. The Hall–Kier alpha value is -1.64. The fraction of sp³-hybridized carbons (Fsp3) is 0.429. The van der Waals surface area contributed by atoms with Gasteiger partial charge < -0.3 is 5.11 Å². The number of hydrogen-bond donors (Lipinski definition) is 1. The highest BCUT2D eigenvalue weighted by Crippen LogP contribution is 2.66. The number of aliphatic hydroxyl groups is 1. The third kappa shape index (κ3) is 3.85. The summed E-state index contributed by atoms with van der Waals surface area (Å²) in [7, 11) is 0. The molecule has 0 radical (unpaired) electrons. The molecule has 30 heavy (non-hydrogen) atoms. The first kappa shape index (κ1) is 21.6. The molecular formula is C28H33BrO. The second-order valence-electron chi connectivity index (χ2n) is 9.03. The first-order valence-corrected chi connectivity index (χ1v) is 12.3. The molecule has 3 atom stereocenters. The van der Waals surface area contributed by atoms with Crippen molar-refractivity contribution in [2.45, 2.75) is 64.4 Å². The van der Waals surface area contributed by atoms with Gasteiger partial charge in [-0.15, -0.1) is 0 Å². The van der Waals surface area contributed by atoms with Crippen LogP contribution in [0.2, 0.25) is 0 Å². The van der Waals surface area contributed by atoms with Crippen molar-refractivity contribution in [1.82, 2.24) is 0 Å². The van der Waals surface area contributed by atoms with Gasteiger partial charge in [0.05, 0.1) is 6.10 Å². The van der Waals surface area contributed by atoms with Gasteiger partial charge in [-0.1, -0.05) is 96.7 Å². The van der Waals surface area contributed by atoms with Crippen molar-refractivity contribution in [2.75, 3.05) is 0 Å². The van der Waals surface area contributed by atoms with E-state index in [0.717, 1.165) is 30.2 Å². The Balaban J connectivity index is 1.82. The van der Waals surface area contributed by atoms with E-state index in [1.165, 1.54) is 48.0 Å². The van der Waals surface area contributed by atoms with Crippen molar-refractivity contribution in [3.63, 3.8) is 0 Å². The lowest BCUT2D eigenvalue weighted by atomic mass is 9.66. The van der Waals surface area contributed by atoms with E-state index in [1.807, 2.05) is 0 Å². The lowest BCUT2D eigenvalue weighted by molar-refractivity contribution is 0.120. The third-order valence-electron chi connectivity index (χ3n) is 7.30. The predicted molar refractivity (Wildman–Crippen MR) is 131 cm³/mol. The Morgan fingerprint density at radius 3 is 2.63 bits per heavy atom. The van der Waals surface area contributed by atoms with Crippen molar-refractivity contribution < 1.29 is 5.11 Å². The summed E-state index contributed by atoms with van der Waals surface area (Å²) >= 11 is 3.69. The Kier molecular flexibility index (Phi) is 6.65. The quantitative estimate of drug-likeness (QED) is 0.391. The summed E-state index contributed by atoms with van der Waals surface area (Å²) in [6.45, 7) is 6.93. The molecule has 1 fully saturated rings. The highest BCUT2D eigenvalue weighted by Gasteiger charge is 2.56. The van der Waals surface area contributed by atoms with Gasteiger partial charge in [-0.2, -0.15) is 0 Å². The molecule has 0 amide bonds. The van der Waals surface area contributed by atoms with Crippen LogP contribution in [0.15, 0.2) is 71.2 Å². The monoisotopic (exact) mass is 464 g/mol. The Bertz CT molecular complexity index is 929. The molecule has 0 heterocycles. The Morgan fingerprint density at radius 2 is 1.90 bits per heavy atom. The summed E-state index contributed by atoms with van der Waals surface area (Å²) in [5, 5.41) is 11.0. The largest absolute Gasteiger partial charge is 0.393 e. The van der Waals surface area contributed by atoms with Crippen molar-refractivity contribution in [3.05, 3.63) is 82.3 Å². The summed E-state index contributed by atoms with van der Waals surface area (Å²) in [6.07, 6.45) is 8.80. The van der Waals surface area contributed by atoms with Gasteiger partial charge in [-0.05, 0) is 66.5 Å². The van der Waals surface area contributed by atoms with Crippen LogP contribution in [0, 0.1) is 11.3 Å². The maximum atomic E-state index is 11.0. The van der Waals surface area contributed by atoms with E-state index in [-0.39, 0.29) is 17.4 Å². The zero-order valence-electron chi connectivity index (χ0n) is 18.0. The highest BCUT2D eigenvalue weighted by molar-refractivity contribution is 9.10. The maximum absolute atomic E-state index is 11.0. The second-order valence-corrected chi connectivity index (χ2v) is 9.95. The Morgan fingerprint density at radius 1 is 1.10 bits per heavy atom. The summed E-state index contributed by atoms with van der Waals surface area (Å²) in [5.41, 5.74) is 6.52. The maximum Gasteiger partial charge on any atom is 0.0583 e. The van der Waals surface area contributed by atoms with E-state index in [4.69, 9.17) is 0 Å². The van der Waals surface area contributed by atoms with Gasteiger partial charge in [0.1, 0.15) is 0 Å². The van der Waals surface area contributed by atoms with Crippen LogP contribution in [0.1, 0.15) is 69.4 Å². The summed E-state index contributed by atoms with van der Waals surface area (Å²) < 4.78 is 1.11. The molecule has 1 nitrogen and oxygen atoms in total. The number of allylic oxidation sites excluding steroid dienone is 3. The fourth-order valence-electron chi connectivity index (χ4n) is 5.91. The number of aliphatic hydroxyl groups excluding tert-OH is 1. The fourth-order valence-corrected chi connectivity index (χ4v) is 6.31. The first-order valence-electron chi connectivity index (χ1n) is 11.5. The smallest absolute Gasteiger partial charge is 0.0583 e. The minimum Gasteiger partial charge on any atom is -0.393 e. The topological polar surface area (TPSA) is 20.2 Å². The molecule has 0 aromatic heterocycles. The van der Waals surface area contributed by atoms with Crippen molar-refractivity contribution in [3.8, 4) is 0 Å². The molecule has 4 rings (SSSR count). The molecule has 1 unspecified atom stereocenters. The minimum absolute atomic E-state index is 0.165. The van der Waals surface area contributed by atoms with Crippen LogP contribution in [-0.4, -0.2) is 11.2 Å². The molecule has 0 saturated heterocycles. The first-order chi connectivity index (χ1) is 14.6. The van der Waals surface area contributed by atoms with Gasteiger partial charge in [0, 0.05) is 15.8 Å². The van der Waals surface area contributed by atoms with Crippen molar-refractivity contribution in [2.24, 2.45) is 11.3 Å². The van der Waals surface area contributed by atoms with E-state index >= 15 is 0 Å². The number of halogens is 1. The molecule has 0 bridgehead atoms. The number of fused-ring (bicyclic) bond motifs is 1. The molecule has 2 aliphatic rings. The average molecular weight is 465 g/mol. The van der Waals surface area contributed by atoms with Gasteiger partial charge >= 0.3 is 0 Å². The molecule has 2 aromatic carbocycles. The van der Waals surface area contributed by atoms with Crippen LogP contribution >= 0.6 is 15.9 Å². The van der Waals surface area contributed by atoms with E-state index in [2.05, 4.69) is 84.0 Å². The molecule has 2 aliphatic carbocycles. The number of hydrogen-bond acceptors (Lipinski definition) is 1. The summed E-state index contributed by atoms with van der Waals surface area (Å²) in [6, 6.07) is 19.4. The molecule has 2 heteroatoms. The van der Waals surface area contributed by atoms with E-state index < -0.39 is 0 Å². The zero-order valence-corrected chi connectivity index (χ0v) is 19.6. The zero-order chi connectivity index (χ0) is 21.1. The van der Waals surface area contributed by atoms with Gasteiger partial charge in [-0.3, -0.25) is 0 Å². The normalized spacial score (nSPS) is 25.6. The Labute approximate surface area is 190 Å². The highest BCUT2D eigenvalue weighted by atomic mass is 79.9. The summed E-state index contributed by atoms with van der Waals surface area (Å²) in [5.74, 6) is 0.236. The van der Waals surface area contributed by atoms with Crippen LogP contribution in [0.5, 0.6) is 0 Å².